The van der Waals surface area contributed by atoms with Crippen LogP contribution in [-0.2, 0) is 4.12 Å². The highest BCUT2D eigenvalue weighted by Crippen LogP contribution is 2.48. The van der Waals surface area contributed by atoms with Gasteiger partial charge in [-0.3, -0.25) is 0 Å². The fraction of sp³-hybridized carbons (Fsp3) is 0.467. The van der Waals surface area contributed by atoms with Crippen molar-refractivity contribution in [1.82, 2.24) is 0 Å². The van der Waals surface area contributed by atoms with Crippen LogP contribution in [0.4, 0.5) is 0 Å². The van der Waals surface area contributed by atoms with E-state index in [1.165, 1.54) is 6.42 Å². The van der Waals surface area contributed by atoms with E-state index in [0.717, 1.165) is 0 Å². The zero-order chi connectivity index (χ0) is 12.7. The third-order valence-corrected chi connectivity index (χ3v) is 12.7. The van der Waals surface area contributed by atoms with E-state index in [4.69, 9.17) is 4.12 Å². The monoisotopic (exact) mass is 272 g/mol. The highest BCUT2D eigenvalue weighted by Gasteiger charge is 2.48. The molecule has 0 spiro atoms. The molecule has 1 aromatic carbocycles. The topological polar surface area (TPSA) is 9.23 Å². The number of benzene rings is 1. The Morgan fingerprint density at radius 2 is 1.33 bits per heavy atom. The summed E-state index contributed by atoms with van der Waals surface area (Å²) in [7, 11) is -3.26. The van der Waals surface area contributed by atoms with Crippen molar-refractivity contribution in [3.8, 4) is 0 Å². The van der Waals surface area contributed by atoms with Crippen LogP contribution in [0.25, 0.3) is 0 Å². The summed E-state index contributed by atoms with van der Waals surface area (Å²) in [5, 5.41) is 3.19. The van der Waals surface area contributed by atoms with E-state index < -0.39 is 16.6 Å². The summed E-state index contributed by atoms with van der Waals surface area (Å²) in [4.78, 5) is 0. The summed E-state index contributed by atoms with van der Waals surface area (Å²) in [6.45, 7) is 9.46. The average Bonchev–Trinajstić information content (AvgIpc) is 2.90. The standard InChI is InChI=1S/C15H20OSi2/c1-17(2)14-8-12-10-5-6-11(7-10)13(12)9-15(14)18(3,4)16-17/h5-6,8-11H,7H2,1-4H3/t10-,11+. The largest absolute Gasteiger partial charge is 0.449 e. The molecule has 0 saturated carbocycles. The molecule has 1 aliphatic heterocycles. The Balaban J connectivity index is 1.98. The van der Waals surface area contributed by atoms with Crippen molar-refractivity contribution in [2.75, 3.05) is 0 Å². The van der Waals surface area contributed by atoms with E-state index in [-0.39, 0.29) is 0 Å². The summed E-state index contributed by atoms with van der Waals surface area (Å²) in [5.41, 5.74) is 3.22. The SMILES string of the molecule is C[Si]1(C)O[Si](C)(C)c2cc3c(cc21)[C@@H]1C=C[C@H]3C1. The molecule has 2 atom stereocenters. The second-order valence-corrected chi connectivity index (χ2v) is 14.9. The summed E-state index contributed by atoms with van der Waals surface area (Å²) >= 11 is 0. The van der Waals surface area contributed by atoms with Crippen LogP contribution >= 0.6 is 0 Å². The molecule has 0 unspecified atom stereocenters. The lowest BCUT2D eigenvalue weighted by Gasteiger charge is -2.22. The van der Waals surface area contributed by atoms with E-state index in [2.05, 4.69) is 50.5 Å². The van der Waals surface area contributed by atoms with Crippen LogP contribution < -0.4 is 10.4 Å². The van der Waals surface area contributed by atoms with Crippen LogP contribution in [0.5, 0.6) is 0 Å². The maximum atomic E-state index is 6.53. The molecule has 0 amide bonds. The molecule has 2 aliphatic carbocycles. The van der Waals surface area contributed by atoms with Crippen molar-refractivity contribution in [1.29, 1.82) is 0 Å². The first kappa shape index (κ1) is 11.2. The van der Waals surface area contributed by atoms with Gasteiger partial charge in [-0.25, -0.2) is 0 Å². The molecule has 18 heavy (non-hydrogen) atoms. The molecule has 1 heterocycles. The van der Waals surface area contributed by atoms with Gasteiger partial charge in [0.05, 0.1) is 0 Å². The van der Waals surface area contributed by atoms with Crippen molar-refractivity contribution in [2.24, 2.45) is 0 Å². The third-order valence-electron chi connectivity index (χ3n) is 4.91. The Bertz CT molecular complexity index is 537. The molecule has 2 bridgehead atoms. The van der Waals surface area contributed by atoms with E-state index in [1.54, 1.807) is 21.5 Å². The zero-order valence-corrected chi connectivity index (χ0v) is 13.6. The molecule has 4 rings (SSSR count). The molecular weight excluding hydrogens is 252 g/mol. The van der Waals surface area contributed by atoms with Gasteiger partial charge in [-0.2, -0.15) is 0 Å². The fourth-order valence-electron chi connectivity index (χ4n) is 4.18. The number of hydrogen-bond donors (Lipinski definition) is 0. The quantitative estimate of drug-likeness (QED) is 0.521. The molecule has 0 saturated heterocycles. The Morgan fingerprint density at radius 1 is 0.889 bits per heavy atom. The molecule has 1 aromatic rings. The van der Waals surface area contributed by atoms with Crippen molar-refractivity contribution in [2.45, 2.75) is 44.4 Å². The van der Waals surface area contributed by atoms with E-state index in [0.29, 0.717) is 11.8 Å². The van der Waals surface area contributed by atoms with Gasteiger partial charge < -0.3 is 4.12 Å². The maximum absolute atomic E-state index is 6.53. The van der Waals surface area contributed by atoms with Gasteiger partial charge in [0.15, 0.2) is 0 Å². The first-order valence-electron chi connectivity index (χ1n) is 6.96. The summed E-state index contributed by atoms with van der Waals surface area (Å²) in [6.07, 6.45) is 6.14. The van der Waals surface area contributed by atoms with Gasteiger partial charge >= 0.3 is 0 Å². The predicted molar refractivity (Wildman–Crippen MR) is 81.0 cm³/mol. The van der Waals surface area contributed by atoms with Gasteiger partial charge in [0, 0.05) is 11.8 Å². The summed E-state index contributed by atoms with van der Waals surface area (Å²) in [6, 6.07) is 5.04. The molecule has 0 fully saturated rings. The average molecular weight is 272 g/mol. The normalized spacial score (nSPS) is 32.7. The van der Waals surface area contributed by atoms with Crippen LogP contribution in [-0.4, -0.2) is 16.6 Å². The summed E-state index contributed by atoms with van der Waals surface area (Å²) in [5.74, 6) is 1.40. The Labute approximate surface area is 111 Å². The lowest BCUT2D eigenvalue weighted by Crippen LogP contribution is -2.44. The molecule has 0 radical (unpaired) electrons. The van der Waals surface area contributed by atoms with Gasteiger partial charge in [0.2, 0.25) is 16.6 Å². The first-order valence-corrected chi connectivity index (χ1v) is 12.8. The number of hydrogen-bond acceptors (Lipinski definition) is 1. The van der Waals surface area contributed by atoms with Crippen LogP contribution in [0.3, 0.4) is 0 Å². The van der Waals surface area contributed by atoms with E-state index >= 15 is 0 Å². The molecule has 3 heteroatoms. The zero-order valence-electron chi connectivity index (χ0n) is 11.6. The minimum atomic E-state index is -1.63. The minimum Gasteiger partial charge on any atom is -0.449 e. The van der Waals surface area contributed by atoms with E-state index in [1.807, 2.05) is 0 Å². The Kier molecular flexibility index (Phi) is 1.92. The third kappa shape index (κ3) is 1.25. The molecule has 94 valence electrons. The molecule has 0 N–H and O–H groups in total. The lowest BCUT2D eigenvalue weighted by molar-refractivity contribution is 0.583. The van der Waals surface area contributed by atoms with E-state index in [9.17, 15) is 0 Å². The van der Waals surface area contributed by atoms with Crippen molar-refractivity contribution >= 4 is 27.0 Å². The fourth-order valence-corrected chi connectivity index (χ4v) is 14.4. The minimum absolute atomic E-state index is 0.700. The predicted octanol–water partition coefficient (Wildman–Crippen LogP) is 2.68. The Morgan fingerprint density at radius 3 is 1.78 bits per heavy atom. The van der Waals surface area contributed by atoms with Gasteiger partial charge in [0.25, 0.3) is 0 Å². The van der Waals surface area contributed by atoms with Crippen LogP contribution in [0.1, 0.15) is 29.4 Å². The molecular formula is C15H20OSi2. The van der Waals surface area contributed by atoms with Crippen LogP contribution in [0.2, 0.25) is 26.2 Å². The summed E-state index contributed by atoms with van der Waals surface area (Å²) < 4.78 is 6.53. The number of rotatable bonds is 0. The van der Waals surface area contributed by atoms with Crippen molar-refractivity contribution in [3.63, 3.8) is 0 Å². The van der Waals surface area contributed by atoms with Crippen molar-refractivity contribution in [3.05, 3.63) is 35.4 Å². The Hall–Kier alpha value is -0.646. The maximum Gasteiger partial charge on any atom is 0.206 e. The highest BCUT2D eigenvalue weighted by atomic mass is 28.4. The number of fused-ring (bicyclic) bond motifs is 6. The second-order valence-electron chi connectivity index (χ2n) is 6.98. The van der Waals surface area contributed by atoms with Gasteiger partial charge in [-0.05, 0) is 54.1 Å². The molecule has 3 aliphatic rings. The highest BCUT2D eigenvalue weighted by molar-refractivity contribution is 7.05. The lowest BCUT2D eigenvalue weighted by atomic mass is 9.97. The van der Waals surface area contributed by atoms with Gasteiger partial charge in [-0.15, -0.1) is 0 Å². The van der Waals surface area contributed by atoms with Gasteiger partial charge in [0.1, 0.15) is 0 Å². The van der Waals surface area contributed by atoms with Crippen molar-refractivity contribution < 1.29 is 4.12 Å². The molecule has 1 nitrogen and oxygen atoms in total. The first-order chi connectivity index (χ1) is 8.38. The second kappa shape index (κ2) is 3.08. The van der Waals surface area contributed by atoms with Crippen LogP contribution in [0, 0.1) is 0 Å². The smallest absolute Gasteiger partial charge is 0.206 e. The molecule has 0 aromatic heterocycles. The number of allylic oxidation sites excluding steroid dienone is 2. The van der Waals surface area contributed by atoms with Crippen LogP contribution in [0.15, 0.2) is 24.3 Å². The van der Waals surface area contributed by atoms with Gasteiger partial charge in [-0.1, -0.05) is 24.3 Å².